The SMILES string of the molecule is Cn1ncc2c1CC(C)(C)CCN2S(=O)(=O)c1cccc(N)c1. The second kappa shape index (κ2) is 5.26. The fraction of sp³-hybridized carbons (Fsp3) is 0.438. The third-order valence-corrected chi connectivity index (χ3v) is 6.20. The molecule has 0 saturated carbocycles. The van der Waals surface area contributed by atoms with Gasteiger partial charge >= 0.3 is 0 Å². The molecule has 0 bridgehead atoms. The summed E-state index contributed by atoms with van der Waals surface area (Å²) in [6.07, 6.45) is 3.21. The van der Waals surface area contributed by atoms with Gasteiger partial charge in [0.2, 0.25) is 0 Å². The van der Waals surface area contributed by atoms with Crippen molar-refractivity contribution in [3.63, 3.8) is 0 Å². The number of sulfonamides is 1. The minimum atomic E-state index is -3.66. The Labute approximate surface area is 137 Å². The summed E-state index contributed by atoms with van der Waals surface area (Å²) in [6, 6.07) is 6.42. The van der Waals surface area contributed by atoms with E-state index < -0.39 is 10.0 Å². The molecule has 124 valence electrons. The standard InChI is InChI=1S/C16H22N4O2S/c1-16(2)7-8-20(15-11-18-19(3)14(15)10-16)23(21,22)13-6-4-5-12(17)9-13/h4-6,9,11H,7-8,10,17H2,1-3H3. The summed E-state index contributed by atoms with van der Waals surface area (Å²) in [7, 11) is -1.81. The summed E-state index contributed by atoms with van der Waals surface area (Å²) in [4.78, 5) is 0.215. The van der Waals surface area contributed by atoms with Crippen molar-refractivity contribution in [3.8, 4) is 0 Å². The third kappa shape index (κ3) is 2.81. The van der Waals surface area contributed by atoms with E-state index in [0.717, 1.165) is 18.5 Å². The summed E-state index contributed by atoms with van der Waals surface area (Å²) in [5.74, 6) is 0. The number of hydrogen-bond donors (Lipinski definition) is 1. The van der Waals surface area contributed by atoms with Gasteiger partial charge < -0.3 is 5.73 Å². The molecular weight excluding hydrogens is 312 g/mol. The van der Waals surface area contributed by atoms with Crippen LogP contribution in [0.3, 0.4) is 0 Å². The van der Waals surface area contributed by atoms with Crippen LogP contribution >= 0.6 is 0 Å². The van der Waals surface area contributed by atoms with Gasteiger partial charge in [0.25, 0.3) is 10.0 Å². The number of anilines is 2. The zero-order valence-electron chi connectivity index (χ0n) is 13.7. The highest BCUT2D eigenvalue weighted by Gasteiger charge is 2.35. The van der Waals surface area contributed by atoms with Gasteiger partial charge in [0.15, 0.2) is 0 Å². The molecule has 1 aromatic heterocycles. The van der Waals surface area contributed by atoms with Gasteiger partial charge in [-0.25, -0.2) is 8.42 Å². The maximum absolute atomic E-state index is 13.1. The summed E-state index contributed by atoms with van der Waals surface area (Å²) in [5.41, 5.74) is 7.82. The number of nitrogens with two attached hydrogens (primary N) is 1. The fourth-order valence-electron chi connectivity index (χ4n) is 2.98. The number of nitrogen functional groups attached to an aromatic ring is 1. The van der Waals surface area contributed by atoms with E-state index in [-0.39, 0.29) is 10.3 Å². The van der Waals surface area contributed by atoms with Gasteiger partial charge in [-0.2, -0.15) is 5.10 Å². The fourth-order valence-corrected chi connectivity index (χ4v) is 4.52. The Morgan fingerprint density at radius 1 is 1.30 bits per heavy atom. The van der Waals surface area contributed by atoms with Crippen molar-refractivity contribution < 1.29 is 8.42 Å². The van der Waals surface area contributed by atoms with E-state index in [9.17, 15) is 8.42 Å². The molecule has 2 aromatic rings. The molecule has 2 N–H and O–H groups in total. The molecule has 0 fully saturated rings. The number of aryl methyl sites for hydroxylation is 1. The molecule has 0 radical (unpaired) electrons. The van der Waals surface area contributed by atoms with Crippen molar-refractivity contribution in [2.45, 2.75) is 31.6 Å². The predicted octanol–water partition coefficient (Wildman–Crippen LogP) is 2.17. The lowest BCUT2D eigenvalue weighted by Gasteiger charge is -2.24. The maximum atomic E-state index is 13.1. The van der Waals surface area contributed by atoms with Gasteiger partial charge in [-0.3, -0.25) is 8.99 Å². The second-order valence-electron chi connectivity index (χ2n) is 6.84. The second-order valence-corrected chi connectivity index (χ2v) is 8.70. The Morgan fingerprint density at radius 2 is 2.04 bits per heavy atom. The topological polar surface area (TPSA) is 81.2 Å². The van der Waals surface area contributed by atoms with Gasteiger partial charge in [-0.05, 0) is 36.5 Å². The van der Waals surface area contributed by atoms with E-state index in [1.807, 2.05) is 7.05 Å². The number of hydrogen-bond acceptors (Lipinski definition) is 4. The molecule has 2 heterocycles. The van der Waals surface area contributed by atoms with Gasteiger partial charge in [-0.15, -0.1) is 0 Å². The van der Waals surface area contributed by atoms with Crippen molar-refractivity contribution in [2.75, 3.05) is 16.6 Å². The Kier molecular flexibility index (Phi) is 3.63. The van der Waals surface area contributed by atoms with E-state index in [4.69, 9.17) is 5.73 Å². The predicted molar refractivity (Wildman–Crippen MR) is 90.7 cm³/mol. The molecule has 0 atom stereocenters. The highest BCUT2D eigenvalue weighted by molar-refractivity contribution is 7.92. The van der Waals surface area contributed by atoms with E-state index in [1.165, 1.54) is 10.4 Å². The van der Waals surface area contributed by atoms with Crippen molar-refractivity contribution >= 4 is 21.4 Å². The summed E-state index contributed by atoms with van der Waals surface area (Å²) >= 11 is 0. The molecule has 0 spiro atoms. The van der Waals surface area contributed by atoms with Crippen LogP contribution in [-0.2, 0) is 23.5 Å². The first-order chi connectivity index (χ1) is 10.7. The number of nitrogens with zero attached hydrogens (tertiary/aromatic N) is 3. The molecule has 23 heavy (non-hydrogen) atoms. The van der Waals surface area contributed by atoms with Crippen molar-refractivity contribution in [1.82, 2.24) is 9.78 Å². The Hall–Kier alpha value is -2.02. The summed E-state index contributed by atoms with van der Waals surface area (Å²) in [5, 5.41) is 4.27. The van der Waals surface area contributed by atoms with Gasteiger partial charge in [0.1, 0.15) is 0 Å². The number of aromatic nitrogens is 2. The van der Waals surface area contributed by atoms with Gasteiger partial charge in [-0.1, -0.05) is 19.9 Å². The van der Waals surface area contributed by atoms with E-state index in [1.54, 1.807) is 29.1 Å². The van der Waals surface area contributed by atoms with Crippen molar-refractivity contribution in [3.05, 3.63) is 36.2 Å². The molecule has 7 heteroatoms. The van der Waals surface area contributed by atoms with Crippen LogP contribution in [0.4, 0.5) is 11.4 Å². The Morgan fingerprint density at radius 3 is 2.74 bits per heavy atom. The molecule has 0 amide bonds. The lowest BCUT2D eigenvalue weighted by Crippen LogP contribution is -2.32. The molecule has 1 aliphatic heterocycles. The average Bonchev–Trinajstić information content (AvgIpc) is 2.73. The minimum Gasteiger partial charge on any atom is -0.399 e. The third-order valence-electron chi connectivity index (χ3n) is 4.39. The molecular formula is C16H22N4O2S. The first kappa shape index (κ1) is 15.9. The van der Waals surface area contributed by atoms with Crippen LogP contribution in [0, 0.1) is 5.41 Å². The monoisotopic (exact) mass is 334 g/mol. The number of rotatable bonds is 2. The lowest BCUT2D eigenvalue weighted by molar-refractivity contribution is 0.337. The minimum absolute atomic E-state index is 0.0164. The lowest BCUT2D eigenvalue weighted by atomic mass is 9.85. The van der Waals surface area contributed by atoms with Gasteiger partial charge in [0.05, 0.1) is 22.5 Å². The van der Waals surface area contributed by atoms with Crippen LogP contribution in [0.5, 0.6) is 0 Å². The first-order valence-corrected chi connectivity index (χ1v) is 9.04. The van der Waals surface area contributed by atoms with Crippen LogP contribution in [0.25, 0.3) is 0 Å². The molecule has 0 aliphatic carbocycles. The van der Waals surface area contributed by atoms with Crippen molar-refractivity contribution in [1.29, 1.82) is 0 Å². The smallest absolute Gasteiger partial charge is 0.264 e. The van der Waals surface area contributed by atoms with Crippen LogP contribution in [-0.4, -0.2) is 24.7 Å². The molecule has 1 aliphatic rings. The van der Waals surface area contributed by atoms with Crippen LogP contribution in [0.15, 0.2) is 35.4 Å². The summed E-state index contributed by atoms with van der Waals surface area (Å²) < 4.78 is 29.5. The Bertz CT molecular complexity index is 840. The number of fused-ring (bicyclic) bond motifs is 1. The molecule has 0 unspecified atom stereocenters. The number of benzene rings is 1. The largest absolute Gasteiger partial charge is 0.399 e. The van der Waals surface area contributed by atoms with Crippen molar-refractivity contribution in [2.24, 2.45) is 12.5 Å². The summed E-state index contributed by atoms with van der Waals surface area (Å²) in [6.45, 7) is 4.74. The van der Waals surface area contributed by atoms with E-state index >= 15 is 0 Å². The van der Waals surface area contributed by atoms with Crippen LogP contribution < -0.4 is 10.0 Å². The normalized spacial score (nSPS) is 17.6. The highest BCUT2D eigenvalue weighted by atomic mass is 32.2. The molecule has 1 aromatic carbocycles. The maximum Gasteiger partial charge on any atom is 0.264 e. The van der Waals surface area contributed by atoms with Crippen LogP contribution in [0.1, 0.15) is 26.0 Å². The first-order valence-electron chi connectivity index (χ1n) is 7.60. The zero-order valence-corrected chi connectivity index (χ0v) is 14.5. The quantitative estimate of drug-likeness (QED) is 0.854. The average molecular weight is 334 g/mol. The molecule has 6 nitrogen and oxygen atoms in total. The van der Waals surface area contributed by atoms with E-state index in [0.29, 0.717) is 17.9 Å². The highest BCUT2D eigenvalue weighted by Crippen LogP contribution is 2.37. The van der Waals surface area contributed by atoms with Gasteiger partial charge in [0, 0.05) is 19.3 Å². The zero-order chi connectivity index (χ0) is 16.8. The van der Waals surface area contributed by atoms with E-state index in [2.05, 4.69) is 18.9 Å². The molecule has 0 saturated heterocycles. The van der Waals surface area contributed by atoms with Crippen LogP contribution in [0.2, 0.25) is 0 Å². The molecule has 3 rings (SSSR count). The Balaban J connectivity index is 2.12.